The summed E-state index contributed by atoms with van der Waals surface area (Å²) >= 11 is 3.41. The van der Waals surface area contributed by atoms with Crippen LogP contribution in [0.3, 0.4) is 0 Å². The van der Waals surface area contributed by atoms with Crippen LogP contribution in [0, 0.1) is 11.7 Å². The smallest absolute Gasteiger partial charge is 0.193 e. The second-order valence-corrected chi connectivity index (χ2v) is 7.93. The molecule has 2 aromatic rings. The number of benzene rings is 1. The Morgan fingerprint density at radius 2 is 2.25 bits per heavy atom. The normalized spacial score (nSPS) is 20.0. The Kier molecular flexibility index (Phi) is 9.20. The fraction of sp³-hybridized carbons (Fsp3) is 0.500. The second kappa shape index (κ2) is 11.1. The van der Waals surface area contributed by atoms with Crippen LogP contribution in [-0.2, 0) is 6.42 Å². The Labute approximate surface area is 192 Å². The van der Waals surface area contributed by atoms with E-state index in [0.29, 0.717) is 30.5 Å². The summed E-state index contributed by atoms with van der Waals surface area (Å²) in [5.74, 6) is 1.32. The van der Waals surface area contributed by atoms with Crippen molar-refractivity contribution in [3.63, 3.8) is 0 Å². The average Bonchev–Trinajstić information content (AvgIpc) is 3.19. The quantitative estimate of drug-likeness (QED) is 0.331. The van der Waals surface area contributed by atoms with E-state index < -0.39 is 0 Å². The SMILES string of the molecule is CCNC(=NCCc1cc(Br)ccc1F)N1CCC(C)C(n2ccnc2)C1.I. The fourth-order valence-corrected chi connectivity index (χ4v) is 3.95. The van der Waals surface area contributed by atoms with Crippen LogP contribution < -0.4 is 5.32 Å². The molecule has 1 aliphatic heterocycles. The summed E-state index contributed by atoms with van der Waals surface area (Å²) in [6.07, 6.45) is 7.44. The third-order valence-corrected chi connectivity index (χ3v) is 5.60. The molecule has 0 aliphatic carbocycles. The molecular weight excluding hydrogens is 536 g/mol. The van der Waals surface area contributed by atoms with Gasteiger partial charge in [-0.15, -0.1) is 24.0 Å². The summed E-state index contributed by atoms with van der Waals surface area (Å²) in [4.78, 5) is 11.3. The van der Waals surface area contributed by atoms with Gasteiger partial charge in [0.05, 0.1) is 12.4 Å². The maximum atomic E-state index is 13.9. The monoisotopic (exact) mass is 563 g/mol. The topological polar surface area (TPSA) is 45.5 Å². The molecule has 154 valence electrons. The molecule has 0 radical (unpaired) electrons. The van der Waals surface area contributed by atoms with Crippen LogP contribution in [0.1, 0.15) is 31.9 Å². The summed E-state index contributed by atoms with van der Waals surface area (Å²) in [5.41, 5.74) is 0.688. The molecule has 1 fully saturated rings. The van der Waals surface area contributed by atoms with Crippen molar-refractivity contribution in [3.8, 4) is 0 Å². The predicted molar refractivity (Wildman–Crippen MR) is 126 cm³/mol. The van der Waals surface area contributed by atoms with Crippen molar-refractivity contribution in [2.45, 2.75) is 32.7 Å². The van der Waals surface area contributed by atoms with Crippen LogP contribution in [0.2, 0.25) is 0 Å². The van der Waals surface area contributed by atoms with E-state index >= 15 is 0 Å². The number of hydrogen-bond donors (Lipinski definition) is 1. The van der Waals surface area contributed by atoms with Crippen molar-refractivity contribution in [2.75, 3.05) is 26.2 Å². The maximum absolute atomic E-state index is 13.9. The first-order valence-electron chi connectivity index (χ1n) is 9.53. The van der Waals surface area contributed by atoms with Gasteiger partial charge >= 0.3 is 0 Å². The fourth-order valence-electron chi connectivity index (χ4n) is 3.54. The molecular formula is C20H28BrFIN5. The summed E-state index contributed by atoms with van der Waals surface area (Å²) in [5, 5.41) is 3.39. The largest absolute Gasteiger partial charge is 0.357 e. The van der Waals surface area contributed by atoms with Crippen molar-refractivity contribution < 1.29 is 4.39 Å². The van der Waals surface area contributed by atoms with Gasteiger partial charge in [0, 0.05) is 43.0 Å². The zero-order valence-corrected chi connectivity index (χ0v) is 20.2. The standard InChI is InChI=1S/C20H27BrFN5.HI/c1-3-24-20(25-8-6-16-12-17(21)4-5-18(16)22)26-10-7-15(2)19(13-26)27-11-9-23-14-27;/h4-5,9,11-12,14-15,19H,3,6-8,10,13H2,1-2H3,(H,24,25);1H. The number of aliphatic imine (C=N–C) groups is 1. The Balaban J connectivity index is 0.00000280. The molecule has 8 heteroatoms. The second-order valence-electron chi connectivity index (χ2n) is 7.01. The zero-order chi connectivity index (χ0) is 19.2. The number of halogens is 3. The molecule has 0 saturated carbocycles. The van der Waals surface area contributed by atoms with E-state index in [9.17, 15) is 4.39 Å². The molecule has 1 N–H and O–H groups in total. The number of rotatable bonds is 5. The number of guanidine groups is 1. The number of aromatic nitrogens is 2. The van der Waals surface area contributed by atoms with Crippen molar-refractivity contribution in [2.24, 2.45) is 10.9 Å². The van der Waals surface area contributed by atoms with Gasteiger partial charge in [0.1, 0.15) is 5.82 Å². The average molecular weight is 564 g/mol. The lowest BCUT2D eigenvalue weighted by molar-refractivity contribution is 0.189. The molecule has 2 atom stereocenters. The van der Waals surface area contributed by atoms with E-state index in [2.05, 4.69) is 49.5 Å². The number of likely N-dealkylation sites (tertiary alicyclic amines) is 1. The lowest BCUT2D eigenvalue weighted by Gasteiger charge is -2.39. The highest BCUT2D eigenvalue weighted by Crippen LogP contribution is 2.27. The first-order chi connectivity index (χ1) is 13.1. The molecule has 5 nitrogen and oxygen atoms in total. The third-order valence-electron chi connectivity index (χ3n) is 5.11. The van der Waals surface area contributed by atoms with Gasteiger partial charge in [-0.3, -0.25) is 4.99 Å². The van der Waals surface area contributed by atoms with Crippen LogP contribution in [0.4, 0.5) is 4.39 Å². The van der Waals surface area contributed by atoms with Crippen molar-refractivity contribution >= 4 is 45.9 Å². The summed E-state index contributed by atoms with van der Waals surface area (Å²) < 4.78 is 17.0. The van der Waals surface area contributed by atoms with Crippen LogP contribution in [0.5, 0.6) is 0 Å². The number of piperidine rings is 1. The molecule has 1 aromatic heterocycles. The van der Waals surface area contributed by atoms with Gasteiger partial charge in [0.2, 0.25) is 0 Å². The summed E-state index contributed by atoms with van der Waals surface area (Å²) in [7, 11) is 0. The lowest BCUT2D eigenvalue weighted by Crippen LogP contribution is -2.49. The highest BCUT2D eigenvalue weighted by atomic mass is 127. The van der Waals surface area contributed by atoms with E-state index in [1.807, 2.05) is 24.8 Å². The van der Waals surface area contributed by atoms with Gasteiger partial charge in [-0.2, -0.15) is 0 Å². The number of nitrogens with one attached hydrogen (secondary N) is 1. The molecule has 1 aliphatic rings. The number of imidazole rings is 1. The highest BCUT2D eigenvalue weighted by molar-refractivity contribution is 14.0. The van der Waals surface area contributed by atoms with Gasteiger partial charge in [-0.1, -0.05) is 22.9 Å². The molecule has 3 rings (SSSR count). The van der Waals surface area contributed by atoms with Gasteiger partial charge in [0.25, 0.3) is 0 Å². The van der Waals surface area contributed by atoms with Crippen molar-refractivity contribution in [3.05, 3.63) is 52.8 Å². The zero-order valence-electron chi connectivity index (χ0n) is 16.3. The predicted octanol–water partition coefficient (Wildman–Crippen LogP) is 4.49. The van der Waals surface area contributed by atoms with Crippen molar-refractivity contribution in [1.82, 2.24) is 19.8 Å². The molecule has 1 saturated heterocycles. The molecule has 2 heterocycles. The summed E-state index contributed by atoms with van der Waals surface area (Å²) in [6, 6.07) is 5.43. The molecule has 1 aromatic carbocycles. The number of hydrogen-bond acceptors (Lipinski definition) is 2. The summed E-state index contributed by atoms with van der Waals surface area (Å²) in [6.45, 7) is 7.60. The highest BCUT2D eigenvalue weighted by Gasteiger charge is 2.28. The third kappa shape index (κ3) is 5.92. The van der Waals surface area contributed by atoms with Crippen molar-refractivity contribution in [1.29, 1.82) is 0 Å². The minimum absolute atomic E-state index is 0. The van der Waals surface area contributed by atoms with E-state index in [-0.39, 0.29) is 29.8 Å². The van der Waals surface area contributed by atoms with E-state index in [4.69, 9.17) is 4.99 Å². The molecule has 28 heavy (non-hydrogen) atoms. The van der Waals surface area contributed by atoms with Gasteiger partial charge in [-0.05, 0) is 49.4 Å². The van der Waals surface area contributed by atoms with Crippen LogP contribution in [0.15, 0.2) is 46.4 Å². The van der Waals surface area contributed by atoms with E-state index in [0.717, 1.165) is 36.5 Å². The van der Waals surface area contributed by atoms with Gasteiger partial charge in [0.15, 0.2) is 5.96 Å². The van der Waals surface area contributed by atoms with Gasteiger partial charge in [-0.25, -0.2) is 9.37 Å². The molecule has 0 spiro atoms. The van der Waals surface area contributed by atoms with Crippen LogP contribution in [0.25, 0.3) is 0 Å². The Hall–Kier alpha value is -1.16. The van der Waals surface area contributed by atoms with Crippen LogP contribution in [-0.4, -0.2) is 46.6 Å². The Morgan fingerprint density at radius 3 is 2.96 bits per heavy atom. The molecule has 0 bridgehead atoms. The molecule has 0 amide bonds. The first-order valence-corrected chi connectivity index (χ1v) is 10.3. The van der Waals surface area contributed by atoms with Gasteiger partial charge < -0.3 is 14.8 Å². The minimum atomic E-state index is -0.176. The molecule has 2 unspecified atom stereocenters. The first kappa shape index (κ1) is 23.1. The number of nitrogens with zero attached hydrogens (tertiary/aromatic N) is 4. The Morgan fingerprint density at radius 1 is 1.43 bits per heavy atom. The Bertz CT molecular complexity index is 768. The van der Waals surface area contributed by atoms with Crippen LogP contribution >= 0.6 is 39.9 Å². The lowest BCUT2D eigenvalue weighted by atomic mass is 9.93. The maximum Gasteiger partial charge on any atom is 0.193 e. The minimum Gasteiger partial charge on any atom is -0.357 e. The van der Waals surface area contributed by atoms with E-state index in [1.54, 1.807) is 6.07 Å². The van der Waals surface area contributed by atoms with E-state index in [1.165, 1.54) is 6.07 Å².